The first kappa shape index (κ1) is 13.5. The Kier molecular flexibility index (Phi) is 5.81. The molecule has 1 aliphatic carbocycles. The molecule has 3 heteroatoms. The van der Waals surface area contributed by atoms with Gasteiger partial charge in [0, 0.05) is 25.1 Å². The van der Waals surface area contributed by atoms with Crippen LogP contribution in [0, 0.1) is 0 Å². The van der Waals surface area contributed by atoms with E-state index in [-0.39, 0.29) is 12.4 Å². The maximum Gasteiger partial charge on any atom is 0.0590 e. The first-order chi connectivity index (χ1) is 7.42. The summed E-state index contributed by atoms with van der Waals surface area (Å²) < 4.78 is 5.29. The summed E-state index contributed by atoms with van der Waals surface area (Å²) in [5, 5.41) is 3.51. The first-order valence-electron chi connectivity index (χ1n) is 5.78. The smallest absolute Gasteiger partial charge is 0.0590 e. The third-order valence-electron chi connectivity index (χ3n) is 2.88. The molecule has 0 aromatic heterocycles. The van der Waals surface area contributed by atoms with Crippen LogP contribution in [0.1, 0.15) is 24.8 Å². The minimum atomic E-state index is 0. The van der Waals surface area contributed by atoms with E-state index in [0.29, 0.717) is 6.04 Å². The van der Waals surface area contributed by atoms with E-state index in [4.69, 9.17) is 4.74 Å². The van der Waals surface area contributed by atoms with Crippen molar-refractivity contribution in [3.8, 4) is 0 Å². The molecule has 0 unspecified atom stereocenters. The molecule has 0 saturated heterocycles. The van der Waals surface area contributed by atoms with Crippen LogP contribution in [0.3, 0.4) is 0 Å². The van der Waals surface area contributed by atoms with Crippen molar-refractivity contribution < 1.29 is 4.74 Å². The number of ether oxygens (including phenoxy) is 1. The summed E-state index contributed by atoms with van der Waals surface area (Å²) in [5.74, 6) is 0.729. The molecule has 2 rings (SSSR count). The van der Waals surface area contributed by atoms with Crippen molar-refractivity contribution in [2.75, 3.05) is 19.8 Å². The molecule has 16 heavy (non-hydrogen) atoms. The fourth-order valence-electron chi connectivity index (χ4n) is 1.95. The van der Waals surface area contributed by atoms with Gasteiger partial charge >= 0.3 is 0 Å². The van der Waals surface area contributed by atoms with Crippen LogP contribution in [0.2, 0.25) is 0 Å². The molecule has 0 amide bonds. The second-order valence-corrected chi connectivity index (χ2v) is 4.01. The topological polar surface area (TPSA) is 21.3 Å². The zero-order valence-electron chi connectivity index (χ0n) is 9.69. The Morgan fingerprint density at radius 2 is 2.06 bits per heavy atom. The van der Waals surface area contributed by atoms with Crippen molar-refractivity contribution in [2.45, 2.75) is 25.3 Å². The van der Waals surface area contributed by atoms with Crippen LogP contribution in [0.25, 0.3) is 0 Å². The van der Waals surface area contributed by atoms with Gasteiger partial charge in [0.2, 0.25) is 0 Å². The normalized spacial score (nSPS) is 22.6. The van der Waals surface area contributed by atoms with E-state index in [2.05, 4.69) is 35.6 Å². The summed E-state index contributed by atoms with van der Waals surface area (Å²) in [6, 6.07) is 11.4. The van der Waals surface area contributed by atoms with Crippen molar-refractivity contribution in [2.24, 2.45) is 0 Å². The van der Waals surface area contributed by atoms with E-state index in [9.17, 15) is 0 Å². The number of rotatable bonds is 6. The number of halogens is 1. The summed E-state index contributed by atoms with van der Waals surface area (Å²) in [5.41, 5.74) is 1.46. The minimum absolute atomic E-state index is 0. The Morgan fingerprint density at radius 3 is 2.75 bits per heavy atom. The maximum absolute atomic E-state index is 5.29. The Hall–Kier alpha value is -0.570. The van der Waals surface area contributed by atoms with Crippen molar-refractivity contribution in [3.63, 3.8) is 0 Å². The first-order valence-corrected chi connectivity index (χ1v) is 5.78. The molecule has 1 saturated carbocycles. The van der Waals surface area contributed by atoms with Gasteiger partial charge in [-0.1, -0.05) is 30.3 Å². The van der Waals surface area contributed by atoms with Gasteiger partial charge in [0.15, 0.2) is 0 Å². The van der Waals surface area contributed by atoms with Gasteiger partial charge in [-0.2, -0.15) is 0 Å². The van der Waals surface area contributed by atoms with Crippen LogP contribution in [-0.2, 0) is 4.74 Å². The molecular formula is C13H20ClNO. The molecular weight excluding hydrogens is 222 g/mol. The Morgan fingerprint density at radius 1 is 1.31 bits per heavy atom. The minimum Gasteiger partial charge on any atom is -0.380 e. The van der Waals surface area contributed by atoms with Gasteiger partial charge in [-0.05, 0) is 18.9 Å². The number of nitrogens with one attached hydrogen (secondary N) is 1. The van der Waals surface area contributed by atoms with E-state index < -0.39 is 0 Å². The highest BCUT2D eigenvalue weighted by Gasteiger charge is 2.37. The van der Waals surface area contributed by atoms with Crippen LogP contribution < -0.4 is 5.32 Å². The molecule has 0 spiro atoms. The standard InChI is InChI=1S/C13H19NO.ClH/c1-2-15-9-8-14-13-10-12(13)11-6-4-3-5-7-11;/h3-7,12-14H,2,8-10H2,1H3;1H/t12-,13+;/m0./s1. The van der Waals surface area contributed by atoms with Crippen LogP contribution in [0.4, 0.5) is 0 Å². The molecule has 0 heterocycles. The van der Waals surface area contributed by atoms with Gasteiger partial charge in [-0.25, -0.2) is 0 Å². The number of benzene rings is 1. The lowest BCUT2D eigenvalue weighted by molar-refractivity contribution is 0.149. The lowest BCUT2D eigenvalue weighted by atomic mass is 10.1. The highest BCUT2D eigenvalue weighted by atomic mass is 35.5. The van der Waals surface area contributed by atoms with Gasteiger partial charge in [-0.15, -0.1) is 12.4 Å². The molecule has 1 aromatic carbocycles. The summed E-state index contributed by atoms with van der Waals surface area (Å²) in [6.45, 7) is 4.65. The Balaban J connectivity index is 0.00000128. The summed E-state index contributed by atoms with van der Waals surface area (Å²) in [4.78, 5) is 0. The zero-order chi connectivity index (χ0) is 10.5. The van der Waals surface area contributed by atoms with Gasteiger partial charge < -0.3 is 10.1 Å². The van der Waals surface area contributed by atoms with Gasteiger partial charge in [0.1, 0.15) is 0 Å². The predicted octanol–water partition coefficient (Wildman–Crippen LogP) is 2.59. The van der Waals surface area contributed by atoms with E-state index in [0.717, 1.165) is 25.7 Å². The largest absolute Gasteiger partial charge is 0.380 e. The Bertz CT molecular complexity index is 291. The van der Waals surface area contributed by atoms with Crippen molar-refractivity contribution in [3.05, 3.63) is 35.9 Å². The average molecular weight is 242 g/mol. The molecule has 2 nitrogen and oxygen atoms in total. The molecule has 0 bridgehead atoms. The maximum atomic E-state index is 5.29. The van der Waals surface area contributed by atoms with Gasteiger partial charge in [0.25, 0.3) is 0 Å². The molecule has 1 N–H and O–H groups in total. The van der Waals surface area contributed by atoms with Gasteiger partial charge in [0.05, 0.1) is 6.61 Å². The van der Waals surface area contributed by atoms with E-state index in [1.165, 1.54) is 12.0 Å². The highest BCUT2D eigenvalue weighted by molar-refractivity contribution is 5.85. The van der Waals surface area contributed by atoms with E-state index in [1.807, 2.05) is 6.92 Å². The SMILES string of the molecule is CCOCCN[C@@H]1C[C@H]1c1ccccc1.Cl. The molecule has 0 aliphatic heterocycles. The zero-order valence-corrected chi connectivity index (χ0v) is 10.5. The third kappa shape index (κ3) is 3.78. The summed E-state index contributed by atoms with van der Waals surface area (Å²) in [6.07, 6.45) is 1.27. The lowest BCUT2D eigenvalue weighted by Crippen LogP contribution is -2.22. The molecule has 1 aliphatic rings. The monoisotopic (exact) mass is 241 g/mol. The third-order valence-corrected chi connectivity index (χ3v) is 2.88. The lowest BCUT2D eigenvalue weighted by Gasteiger charge is -2.04. The number of hydrogen-bond donors (Lipinski definition) is 1. The number of hydrogen-bond acceptors (Lipinski definition) is 2. The predicted molar refractivity (Wildman–Crippen MR) is 69.3 cm³/mol. The van der Waals surface area contributed by atoms with E-state index in [1.54, 1.807) is 0 Å². The summed E-state index contributed by atoms with van der Waals surface area (Å²) >= 11 is 0. The fraction of sp³-hybridized carbons (Fsp3) is 0.538. The quantitative estimate of drug-likeness (QED) is 0.773. The van der Waals surface area contributed by atoms with Crippen molar-refractivity contribution in [1.29, 1.82) is 0 Å². The van der Waals surface area contributed by atoms with Crippen molar-refractivity contribution in [1.82, 2.24) is 5.32 Å². The summed E-state index contributed by atoms with van der Waals surface area (Å²) in [7, 11) is 0. The Labute approximate surface area is 104 Å². The molecule has 0 radical (unpaired) electrons. The second-order valence-electron chi connectivity index (χ2n) is 4.01. The van der Waals surface area contributed by atoms with Crippen LogP contribution in [0.5, 0.6) is 0 Å². The molecule has 1 aromatic rings. The fourth-order valence-corrected chi connectivity index (χ4v) is 1.95. The molecule has 2 atom stereocenters. The average Bonchev–Trinajstić information content (AvgIpc) is 3.05. The second kappa shape index (κ2) is 6.89. The van der Waals surface area contributed by atoms with Gasteiger partial charge in [-0.3, -0.25) is 0 Å². The highest BCUT2D eigenvalue weighted by Crippen LogP contribution is 2.40. The van der Waals surface area contributed by atoms with Crippen molar-refractivity contribution >= 4 is 12.4 Å². The van der Waals surface area contributed by atoms with Crippen LogP contribution >= 0.6 is 12.4 Å². The van der Waals surface area contributed by atoms with E-state index >= 15 is 0 Å². The molecule has 1 fully saturated rings. The van der Waals surface area contributed by atoms with Crippen LogP contribution in [-0.4, -0.2) is 25.8 Å². The van der Waals surface area contributed by atoms with Crippen LogP contribution in [0.15, 0.2) is 30.3 Å². The molecule has 90 valence electrons.